The fraction of sp³-hybridized carbons (Fsp3) is 0.477. The summed E-state index contributed by atoms with van der Waals surface area (Å²) in [4.78, 5) is 61.3. The van der Waals surface area contributed by atoms with Crippen molar-refractivity contribution < 1.29 is 41.5 Å². The number of furan rings is 1. The Kier molecular flexibility index (Phi) is 10.6. The minimum Gasteiger partial charge on any atom is -0.486 e. The van der Waals surface area contributed by atoms with Crippen LogP contribution in [0.15, 0.2) is 77.2 Å². The molecule has 13 nitrogen and oxygen atoms in total. The molecule has 14 heteroatoms. The van der Waals surface area contributed by atoms with Crippen LogP contribution in [-0.2, 0) is 29.1 Å². The molecule has 0 saturated heterocycles. The number of ether oxygens (including phenoxy) is 2. The highest BCUT2D eigenvalue weighted by atomic mass is 32.2. The lowest BCUT2D eigenvalue weighted by atomic mass is 9.85. The lowest BCUT2D eigenvalue weighted by Crippen LogP contribution is -2.54. The molecule has 306 valence electrons. The Morgan fingerprint density at radius 1 is 0.948 bits per heavy atom. The van der Waals surface area contributed by atoms with E-state index in [2.05, 4.69) is 15.4 Å². The maximum atomic E-state index is 14.7. The summed E-state index contributed by atoms with van der Waals surface area (Å²) in [6, 6.07) is 18.1. The van der Waals surface area contributed by atoms with Gasteiger partial charge in [0.1, 0.15) is 28.3 Å². The van der Waals surface area contributed by atoms with Crippen LogP contribution in [-0.4, -0.2) is 65.6 Å². The first kappa shape index (κ1) is 39.6. The summed E-state index contributed by atoms with van der Waals surface area (Å²) in [6.07, 6.45) is 7.10. The second-order valence-electron chi connectivity index (χ2n) is 17.2. The number of amides is 3. The molecule has 0 bridgehead atoms. The van der Waals surface area contributed by atoms with Crippen LogP contribution >= 0.6 is 0 Å². The van der Waals surface area contributed by atoms with Gasteiger partial charge in [0.25, 0.3) is 5.91 Å². The van der Waals surface area contributed by atoms with Crippen LogP contribution < -0.4 is 20.1 Å². The van der Waals surface area contributed by atoms with Crippen LogP contribution in [0, 0.1) is 17.8 Å². The largest absolute Gasteiger partial charge is 0.486 e. The van der Waals surface area contributed by atoms with Gasteiger partial charge in [0.2, 0.25) is 15.9 Å². The highest BCUT2D eigenvalue weighted by Crippen LogP contribution is 2.47. The van der Waals surface area contributed by atoms with Gasteiger partial charge in [-0.25, -0.2) is 18.2 Å². The lowest BCUT2D eigenvalue weighted by molar-refractivity contribution is -0.136. The van der Waals surface area contributed by atoms with Crippen molar-refractivity contribution >= 4 is 55.8 Å². The molecule has 1 aliphatic heterocycles. The number of para-hydroxylation sites is 1. The molecule has 4 aromatic rings. The third-order valence-electron chi connectivity index (χ3n) is 11.6. The van der Waals surface area contributed by atoms with Gasteiger partial charge >= 0.3 is 6.09 Å². The number of hydrogen-bond acceptors (Lipinski definition) is 10. The molecule has 8 rings (SSSR count). The molecule has 3 N–H and O–H groups in total. The number of pyridine rings is 1. The van der Waals surface area contributed by atoms with E-state index in [4.69, 9.17) is 18.9 Å². The Morgan fingerprint density at radius 2 is 1.69 bits per heavy atom. The van der Waals surface area contributed by atoms with Crippen LogP contribution in [0.5, 0.6) is 5.75 Å². The maximum absolute atomic E-state index is 14.7. The molecule has 58 heavy (non-hydrogen) atoms. The van der Waals surface area contributed by atoms with E-state index in [0.29, 0.717) is 60.2 Å². The zero-order valence-corrected chi connectivity index (χ0v) is 33.8. The molecule has 0 radical (unpaired) electrons. The number of ketones is 1. The molecular weight excluding hydrogens is 761 g/mol. The van der Waals surface area contributed by atoms with Crippen molar-refractivity contribution in [3.05, 3.63) is 72.8 Å². The molecule has 3 aliphatic carbocycles. The van der Waals surface area contributed by atoms with Gasteiger partial charge in [0, 0.05) is 28.9 Å². The first-order chi connectivity index (χ1) is 27.7. The summed E-state index contributed by atoms with van der Waals surface area (Å²) in [5.41, 5.74) is 0.878. The average Bonchev–Trinajstić information content (AvgIpc) is 4.08. The van der Waals surface area contributed by atoms with E-state index in [1.54, 1.807) is 26.8 Å². The number of allylic oxidation sites excluding steroid dienone is 1. The third-order valence-corrected chi connectivity index (χ3v) is 13.4. The van der Waals surface area contributed by atoms with Crippen molar-refractivity contribution in [2.45, 2.75) is 114 Å². The quantitative estimate of drug-likeness (QED) is 0.166. The number of benzene rings is 2. The molecule has 2 aromatic carbocycles. The zero-order chi connectivity index (χ0) is 40.8. The Morgan fingerprint density at radius 3 is 2.45 bits per heavy atom. The Labute approximate surface area is 337 Å². The molecule has 3 fully saturated rings. The van der Waals surface area contributed by atoms with Crippen LogP contribution in [0.4, 0.5) is 4.79 Å². The summed E-state index contributed by atoms with van der Waals surface area (Å²) in [6.45, 7) is 5.23. The Bertz CT molecular complexity index is 2380. The van der Waals surface area contributed by atoms with Crippen molar-refractivity contribution in [1.29, 1.82) is 0 Å². The number of carbonyl (C=O) groups excluding carboxylic acids is 4. The topological polar surface area (TPSA) is 183 Å². The van der Waals surface area contributed by atoms with Gasteiger partial charge in [-0.2, -0.15) is 0 Å². The number of nitrogens with one attached hydrogen (secondary N) is 3. The van der Waals surface area contributed by atoms with Crippen molar-refractivity contribution in [2.24, 2.45) is 17.8 Å². The molecule has 2 aromatic heterocycles. The predicted molar refractivity (Wildman–Crippen MR) is 217 cm³/mol. The molecule has 4 aliphatic rings. The number of alkyl carbamates (subject to hydrolysis) is 1. The smallest absolute Gasteiger partial charge is 0.408 e. The van der Waals surface area contributed by atoms with E-state index in [-0.39, 0.29) is 25.0 Å². The molecule has 3 heterocycles. The monoisotopic (exact) mass is 810 g/mol. The number of rotatable bonds is 7. The number of fused-ring (bicyclic) bond motifs is 5. The van der Waals surface area contributed by atoms with Gasteiger partial charge in [-0.15, -0.1) is 0 Å². The van der Waals surface area contributed by atoms with Gasteiger partial charge < -0.3 is 24.5 Å². The van der Waals surface area contributed by atoms with Gasteiger partial charge in [-0.3, -0.25) is 19.1 Å². The SMILES string of the molecule is CC(C)(C)OC(=O)N[C@H]1CCCCCC=C[C@@H]2C[C@@]2(C(=O)NS(=O)(=O)C2CC2)NC(=O)[C@@H]2C[C@@H](Oc3cc(-c4ccccc4)nc4c3oc3ccccc34)CC2C1=O. The number of sulfonamides is 1. The van der Waals surface area contributed by atoms with Crippen LogP contribution in [0.25, 0.3) is 33.3 Å². The summed E-state index contributed by atoms with van der Waals surface area (Å²) in [5, 5.41) is 5.93. The Hall–Kier alpha value is -5.24. The molecule has 3 amide bonds. The minimum absolute atomic E-state index is 0.102. The number of carbonyl (C=O) groups is 4. The van der Waals surface area contributed by atoms with Crippen LogP contribution in [0.2, 0.25) is 0 Å². The zero-order valence-electron chi connectivity index (χ0n) is 33.0. The molecule has 3 saturated carbocycles. The highest BCUT2D eigenvalue weighted by Gasteiger charge is 2.62. The fourth-order valence-electron chi connectivity index (χ4n) is 8.39. The predicted octanol–water partition coefficient (Wildman–Crippen LogP) is 6.89. The standard InChI is InChI=1S/C44H50N4O9S/c1-43(2,3)57-42(52)46-33-18-11-6-4-5-10-16-27-25-44(27,41(51)48-58(53,54)29-20-21-29)47-40(50)32-23-28(22-31(32)38(33)49)55-36-24-34(26-14-8-7-9-15-26)45-37-30-17-12-13-19-35(30)56-39(36)37/h7-10,12-17,19,24,27-29,31-33H,4-6,11,18,20-23,25H2,1-3H3,(H,46,52)(H,47,50)(H,48,51)/t27-,28+,31?,32-,33+,44-/m1/s1. The first-order valence-electron chi connectivity index (χ1n) is 20.3. The van der Waals surface area contributed by atoms with Gasteiger partial charge in [-0.1, -0.05) is 67.5 Å². The average molecular weight is 811 g/mol. The Balaban J connectivity index is 1.14. The minimum atomic E-state index is -3.90. The molecule has 6 atom stereocenters. The molecular formula is C44H50N4O9S. The molecule has 1 unspecified atom stereocenters. The van der Waals surface area contributed by atoms with Crippen LogP contribution in [0.3, 0.4) is 0 Å². The van der Waals surface area contributed by atoms with E-state index in [1.165, 1.54) is 0 Å². The van der Waals surface area contributed by atoms with Crippen molar-refractivity contribution in [3.8, 4) is 17.0 Å². The number of hydrogen-bond donors (Lipinski definition) is 3. The number of Topliss-reactive ketones (excluding diaryl/α,β-unsaturated/α-hetero) is 1. The first-order valence-corrected chi connectivity index (χ1v) is 21.9. The summed E-state index contributed by atoms with van der Waals surface area (Å²) in [5.74, 6) is -3.57. The summed E-state index contributed by atoms with van der Waals surface area (Å²) in [7, 11) is -3.90. The number of nitrogens with zero attached hydrogens (tertiary/aromatic N) is 1. The van der Waals surface area contributed by atoms with Crippen LogP contribution in [0.1, 0.15) is 85.0 Å². The molecule has 0 spiro atoms. The lowest BCUT2D eigenvalue weighted by Gasteiger charge is -2.27. The maximum Gasteiger partial charge on any atom is 0.408 e. The van der Waals surface area contributed by atoms with Gasteiger partial charge in [-0.05, 0) is 84.3 Å². The second-order valence-corrected chi connectivity index (χ2v) is 19.1. The van der Waals surface area contributed by atoms with Crippen molar-refractivity contribution in [1.82, 2.24) is 20.3 Å². The van der Waals surface area contributed by atoms with Gasteiger partial charge in [0.05, 0.1) is 22.9 Å². The van der Waals surface area contributed by atoms with E-state index in [9.17, 15) is 27.6 Å². The van der Waals surface area contributed by atoms with E-state index >= 15 is 0 Å². The normalized spacial score (nSPS) is 26.8. The summed E-state index contributed by atoms with van der Waals surface area (Å²) < 4.78 is 46.7. The third kappa shape index (κ3) is 8.34. The fourth-order valence-corrected chi connectivity index (χ4v) is 9.75. The van der Waals surface area contributed by atoms with E-state index in [0.717, 1.165) is 23.8 Å². The van der Waals surface area contributed by atoms with Crippen molar-refractivity contribution in [3.63, 3.8) is 0 Å². The summed E-state index contributed by atoms with van der Waals surface area (Å²) >= 11 is 0. The second kappa shape index (κ2) is 15.5. The highest BCUT2D eigenvalue weighted by molar-refractivity contribution is 7.91. The number of aromatic nitrogens is 1. The van der Waals surface area contributed by atoms with Crippen molar-refractivity contribution in [2.75, 3.05) is 0 Å². The van der Waals surface area contributed by atoms with Gasteiger partial charge in [0.15, 0.2) is 17.1 Å². The van der Waals surface area contributed by atoms with E-state index < -0.39 is 74.2 Å². The van der Waals surface area contributed by atoms with E-state index in [1.807, 2.05) is 66.7 Å².